The SMILES string of the molecule is CCOc1cc(-c2ccc(N3CC[C@H](N)[C@H](O)C3)nc2)c2ccnn2c1. The summed E-state index contributed by atoms with van der Waals surface area (Å²) < 4.78 is 7.47. The van der Waals surface area contributed by atoms with Crippen molar-refractivity contribution in [2.24, 2.45) is 5.73 Å². The number of nitrogens with zero attached hydrogens (tertiary/aromatic N) is 4. The summed E-state index contributed by atoms with van der Waals surface area (Å²) in [5.41, 5.74) is 8.90. The largest absolute Gasteiger partial charge is 0.492 e. The summed E-state index contributed by atoms with van der Waals surface area (Å²) in [6.07, 6.45) is 5.75. The van der Waals surface area contributed by atoms with Crippen molar-refractivity contribution in [3.63, 3.8) is 0 Å². The number of hydrogen-bond acceptors (Lipinski definition) is 6. The van der Waals surface area contributed by atoms with E-state index in [9.17, 15) is 5.11 Å². The van der Waals surface area contributed by atoms with Gasteiger partial charge in [0.1, 0.15) is 11.6 Å². The monoisotopic (exact) mass is 353 g/mol. The van der Waals surface area contributed by atoms with Crippen LogP contribution in [0.2, 0.25) is 0 Å². The first-order valence-corrected chi connectivity index (χ1v) is 8.91. The molecular weight excluding hydrogens is 330 g/mol. The molecule has 136 valence electrons. The average molecular weight is 353 g/mol. The maximum Gasteiger partial charge on any atom is 0.138 e. The van der Waals surface area contributed by atoms with Crippen LogP contribution in [0.25, 0.3) is 16.6 Å². The third-order valence-electron chi connectivity index (χ3n) is 4.81. The van der Waals surface area contributed by atoms with Crippen LogP contribution in [0, 0.1) is 0 Å². The first-order valence-electron chi connectivity index (χ1n) is 8.91. The van der Waals surface area contributed by atoms with E-state index in [1.54, 1.807) is 6.20 Å². The molecule has 0 aromatic carbocycles. The van der Waals surface area contributed by atoms with E-state index in [-0.39, 0.29) is 6.04 Å². The molecular formula is C19H23N5O2. The fraction of sp³-hybridized carbons (Fsp3) is 0.368. The Bertz CT molecular complexity index is 893. The summed E-state index contributed by atoms with van der Waals surface area (Å²) in [6.45, 7) is 3.88. The first-order chi connectivity index (χ1) is 12.7. The highest BCUT2D eigenvalue weighted by Gasteiger charge is 2.25. The Morgan fingerprint density at radius 1 is 1.35 bits per heavy atom. The topological polar surface area (TPSA) is 88.9 Å². The minimum Gasteiger partial charge on any atom is -0.492 e. The molecule has 0 amide bonds. The molecule has 7 heteroatoms. The van der Waals surface area contributed by atoms with Crippen molar-refractivity contribution >= 4 is 11.3 Å². The van der Waals surface area contributed by atoms with Gasteiger partial charge in [-0.3, -0.25) is 0 Å². The normalized spacial score (nSPS) is 20.5. The minimum atomic E-state index is -0.514. The fourth-order valence-electron chi connectivity index (χ4n) is 3.37. The summed E-state index contributed by atoms with van der Waals surface area (Å²) in [5.74, 6) is 1.63. The molecule has 0 unspecified atom stereocenters. The van der Waals surface area contributed by atoms with Gasteiger partial charge >= 0.3 is 0 Å². The van der Waals surface area contributed by atoms with Gasteiger partial charge in [0.2, 0.25) is 0 Å². The summed E-state index contributed by atoms with van der Waals surface area (Å²) in [6, 6.07) is 7.87. The molecule has 7 nitrogen and oxygen atoms in total. The quantitative estimate of drug-likeness (QED) is 0.742. The zero-order chi connectivity index (χ0) is 18.1. The number of aliphatic hydroxyl groups excluding tert-OH is 1. The highest BCUT2D eigenvalue weighted by Crippen LogP contribution is 2.29. The van der Waals surface area contributed by atoms with E-state index >= 15 is 0 Å². The fourth-order valence-corrected chi connectivity index (χ4v) is 3.37. The third-order valence-corrected chi connectivity index (χ3v) is 4.81. The molecule has 3 aromatic heterocycles. The lowest BCUT2D eigenvalue weighted by molar-refractivity contribution is 0.131. The second-order valence-corrected chi connectivity index (χ2v) is 6.55. The number of aromatic nitrogens is 3. The summed E-state index contributed by atoms with van der Waals surface area (Å²) in [4.78, 5) is 6.68. The molecule has 0 bridgehead atoms. The number of nitrogens with two attached hydrogens (primary N) is 1. The molecule has 2 atom stereocenters. The molecule has 1 saturated heterocycles. The minimum absolute atomic E-state index is 0.151. The molecule has 0 saturated carbocycles. The van der Waals surface area contributed by atoms with Gasteiger partial charge in [-0.2, -0.15) is 5.10 Å². The number of piperidine rings is 1. The van der Waals surface area contributed by atoms with Crippen molar-refractivity contribution < 1.29 is 9.84 Å². The molecule has 3 aromatic rings. The molecule has 4 rings (SSSR count). The molecule has 1 aliphatic rings. The predicted molar refractivity (Wildman–Crippen MR) is 100 cm³/mol. The van der Waals surface area contributed by atoms with Crippen LogP contribution in [0.1, 0.15) is 13.3 Å². The van der Waals surface area contributed by atoms with Crippen LogP contribution in [0.3, 0.4) is 0 Å². The van der Waals surface area contributed by atoms with Crippen LogP contribution in [0.5, 0.6) is 5.75 Å². The van der Waals surface area contributed by atoms with Crippen LogP contribution in [-0.2, 0) is 0 Å². The van der Waals surface area contributed by atoms with Crippen molar-refractivity contribution in [3.8, 4) is 16.9 Å². The van der Waals surface area contributed by atoms with E-state index in [4.69, 9.17) is 10.5 Å². The molecule has 4 heterocycles. The third kappa shape index (κ3) is 3.11. The van der Waals surface area contributed by atoms with E-state index in [2.05, 4.69) is 15.0 Å². The Morgan fingerprint density at radius 2 is 2.23 bits per heavy atom. The van der Waals surface area contributed by atoms with E-state index < -0.39 is 6.10 Å². The van der Waals surface area contributed by atoms with Crippen LogP contribution >= 0.6 is 0 Å². The van der Waals surface area contributed by atoms with Gasteiger partial charge in [0.05, 0.1) is 30.6 Å². The Morgan fingerprint density at radius 3 is 2.96 bits per heavy atom. The highest BCUT2D eigenvalue weighted by molar-refractivity contribution is 5.81. The average Bonchev–Trinajstić information content (AvgIpc) is 3.12. The van der Waals surface area contributed by atoms with Gasteiger partial charge < -0.3 is 20.5 Å². The van der Waals surface area contributed by atoms with Crippen LogP contribution in [0.15, 0.2) is 42.9 Å². The van der Waals surface area contributed by atoms with Crippen molar-refractivity contribution in [1.29, 1.82) is 0 Å². The maximum absolute atomic E-state index is 10.00. The van der Waals surface area contributed by atoms with E-state index in [0.29, 0.717) is 13.2 Å². The lowest BCUT2D eigenvalue weighted by Gasteiger charge is -2.34. The molecule has 1 fully saturated rings. The second kappa shape index (κ2) is 6.93. The summed E-state index contributed by atoms with van der Waals surface area (Å²) in [5, 5.41) is 14.3. The highest BCUT2D eigenvalue weighted by atomic mass is 16.5. The van der Waals surface area contributed by atoms with Crippen molar-refractivity contribution in [2.45, 2.75) is 25.5 Å². The number of anilines is 1. The molecule has 0 spiro atoms. The number of hydrogen-bond donors (Lipinski definition) is 2. The van der Waals surface area contributed by atoms with Crippen LogP contribution in [-0.4, -0.2) is 51.5 Å². The number of ether oxygens (including phenoxy) is 1. The van der Waals surface area contributed by atoms with E-state index in [1.807, 2.05) is 48.1 Å². The van der Waals surface area contributed by atoms with Crippen molar-refractivity contribution in [1.82, 2.24) is 14.6 Å². The molecule has 0 aliphatic carbocycles. The van der Waals surface area contributed by atoms with E-state index in [1.165, 1.54) is 0 Å². The Balaban J connectivity index is 1.65. The van der Waals surface area contributed by atoms with Crippen molar-refractivity contribution in [2.75, 3.05) is 24.6 Å². The first kappa shape index (κ1) is 16.8. The van der Waals surface area contributed by atoms with E-state index in [0.717, 1.165) is 41.2 Å². The van der Waals surface area contributed by atoms with Gasteiger partial charge in [-0.25, -0.2) is 9.50 Å². The van der Waals surface area contributed by atoms with Gasteiger partial charge in [0, 0.05) is 36.5 Å². The van der Waals surface area contributed by atoms with Crippen molar-refractivity contribution in [3.05, 3.63) is 42.9 Å². The Hall–Kier alpha value is -2.64. The van der Waals surface area contributed by atoms with Crippen LogP contribution < -0.4 is 15.4 Å². The van der Waals surface area contributed by atoms with Gasteiger partial charge in [0.15, 0.2) is 0 Å². The number of β-amino-alcohol motifs (C(OH)–C–C–N with tert-alkyl or cyclic N) is 1. The summed E-state index contributed by atoms with van der Waals surface area (Å²) >= 11 is 0. The zero-order valence-electron chi connectivity index (χ0n) is 14.7. The second-order valence-electron chi connectivity index (χ2n) is 6.55. The Labute approximate surface area is 152 Å². The molecule has 26 heavy (non-hydrogen) atoms. The Kier molecular flexibility index (Phi) is 4.48. The maximum atomic E-state index is 10.00. The number of fused-ring (bicyclic) bond motifs is 1. The van der Waals surface area contributed by atoms with Crippen LogP contribution in [0.4, 0.5) is 5.82 Å². The standard InChI is InChI=1S/C19H23N5O2/c1-2-26-14-9-15(17-5-7-22-24(17)11-14)13-3-4-19(21-10-13)23-8-6-16(20)18(25)12-23/h3-5,7,9-11,16,18,25H,2,6,8,12,20H2,1H3/t16-,18+/m0/s1. The lowest BCUT2D eigenvalue weighted by atomic mass is 10.0. The molecule has 3 N–H and O–H groups in total. The summed E-state index contributed by atoms with van der Waals surface area (Å²) in [7, 11) is 0. The molecule has 1 aliphatic heterocycles. The van der Waals surface area contributed by atoms with Gasteiger partial charge in [-0.15, -0.1) is 0 Å². The number of aliphatic hydroxyl groups is 1. The molecule has 0 radical (unpaired) electrons. The van der Waals surface area contributed by atoms with Gasteiger partial charge in [-0.1, -0.05) is 0 Å². The zero-order valence-corrected chi connectivity index (χ0v) is 14.7. The lowest BCUT2D eigenvalue weighted by Crippen LogP contribution is -2.50. The predicted octanol–water partition coefficient (Wildman–Crippen LogP) is 1.69. The van der Waals surface area contributed by atoms with Gasteiger partial charge in [0.25, 0.3) is 0 Å². The smallest absolute Gasteiger partial charge is 0.138 e. The van der Waals surface area contributed by atoms with Gasteiger partial charge in [-0.05, 0) is 37.6 Å². The number of pyridine rings is 2. The number of rotatable bonds is 4.